The van der Waals surface area contributed by atoms with Crippen molar-refractivity contribution in [3.63, 3.8) is 0 Å². The molecule has 186 valence electrons. The number of benzene rings is 3. The molecule has 6 rings (SSSR count). The zero-order chi connectivity index (χ0) is 25.7. The van der Waals surface area contributed by atoms with Crippen molar-refractivity contribution < 1.29 is 24.2 Å². The van der Waals surface area contributed by atoms with Crippen LogP contribution < -0.4 is 14.4 Å². The number of aryl methyl sites for hydroxylation is 2. The molecular formula is C29H24N2O5S. The van der Waals surface area contributed by atoms with E-state index < -0.39 is 17.7 Å². The van der Waals surface area contributed by atoms with E-state index in [1.807, 2.05) is 49.4 Å². The lowest BCUT2D eigenvalue weighted by molar-refractivity contribution is -0.132. The second-order valence-corrected chi connectivity index (χ2v) is 10.1. The molecular weight excluding hydrogens is 488 g/mol. The summed E-state index contributed by atoms with van der Waals surface area (Å²) in [4.78, 5) is 33.1. The molecule has 0 spiro atoms. The third-order valence-electron chi connectivity index (χ3n) is 6.70. The number of thiazole rings is 1. The third-order valence-corrected chi connectivity index (χ3v) is 7.72. The molecule has 8 heteroatoms. The van der Waals surface area contributed by atoms with E-state index in [9.17, 15) is 14.7 Å². The summed E-state index contributed by atoms with van der Waals surface area (Å²) in [7, 11) is 0. The van der Waals surface area contributed by atoms with Crippen LogP contribution >= 0.6 is 11.3 Å². The van der Waals surface area contributed by atoms with Crippen molar-refractivity contribution in [2.45, 2.75) is 26.3 Å². The summed E-state index contributed by atoms with van der Waals surface area (Å²) in [5.74, 6) is -0.694. The molecule has 37 heavy (non-hydrogen) atoms. The number of ether oxygens (including phenoxy) is 2. The van der Waals surface area contributed by atoms with Crippen LogP contribution in [0, 0.1) is 6.92 Å². The number of aromatic nitrogens is 1. The van der Waals surface area contributed by atoms with Gasteiger partial charge in [-0.15, -0.1) is 0 Å². The third kappa shape index (κ3) is 3.94. The van der Waals surface area contributed by atoms with Gasteiger partial charge in [-0.2, -0.15) is 0 Å². The van der Waals surface area contributed by atoms with Crippen molar-refractivity contribution in [2.24, 2.45) is 0 Å². The van der Waals surface area contributed by atoms with Gasteiger partial charge in [-0.25, -0.2) is 4.98 Å². The van der Waals surface area contributed by atoms with E-state index in [1.165, 1.54) is 16.2 Å². The SMILES string of the molecule is CCc1ccc([C@@H]2C(=C(O)c3ccc4c(c3)OCCO4)C(=O)C(=O)N2c2nc3ccc(C)cc3s2)cc1. The summed E-state index contributed by atoms with van der Waals surface area (Å²) in [6, 6.07) is 17.8. The predicted octanol–water partition coefficient (Wildman–Crippen LogP) is 5.56. The minimum absolute atomic E-state index is 0.0152. The molecule has 3 aromatic carbocycles. The first-order chi connectivity index (χ1) is 17.9. The van der Waals surface area contributed by atoms with Gasteiger partial charge in [0, 0.05) is 5.56 Å². The van der Waals surface area contributed by atoms with E-state index >= 15 is 0 Å². The van der Waals surface area contributed by atoms with Crippen LogP contribution in [0.3, 0.4) is 0 Å². The number of rotatable bonds is 4. The lowest BCUT2D eigenvalue weighted by atomic mass is 9.94. The number of anilines is 1. The molecule has 2 aliphatic rings. The monoisotopic (exact) mass is 512 g/mol. The Bertz CT molecular complexity index is 1590. The van der Waals surface area contributed by atoms with Crippen LogP contribution in [0.5, 0.6) is 11.5 Å². The molecule has 1 fully saturated rings. The Balaban J connectivity index is 1.53. The molecule has 3 heterocycles. The van der Waals surface area contributed by atoms with Gasteiger partial charge in [-0.1, -0.05) is 48.6 Å². The summed E-state index contributed by atoms with van der Waals surface area (Å²) in [6.07, 6.45) is 0.856. The van der Waals surface area contributed by atoms with Crippen molar-refractivity contribution >= 4 is 44.1 Å². The van der Waals surface area contributed by atoms with Crippen LogP contribution in [-0.4, -0.2) is 35.0 Å². The Hall–Kier alpha value is -4.17. The number of amides is 1. The molecule has 0 saturated carbocycles. The smallest absolute Gasteiger partial charge is 0.301 e. The molecule has 1 N–H and O–H groups in total. The number of aliphatic hydroxyl groups excluding tert-OH is 1. The number of carbonyl (C=O) groups excluding carboxylic acids is 2. The van der Waals surface area contributed by atoms with E-state index in [0.29, 0.717) is 41.0 Å². The van der Waals surface area contributed by atoms with Crippen molar-refractivity contribution in [3.05, 3.63) is 88.5 Å². The fourth-order valence-corrected chi connectivity index (χ4v) is 5.84. The normalized spacial score (nSPS) is 18.5. The van der Waals surface area contributed by atoms with Gasteiger partial charge in [0.2, 0.25) is 0 Å². The van der Waals surface area contributed by atoms with E-state index in [0.717, 1.165) is 27.8 Å². The Morgan fingerprint density at radius 2 is 1.78 bits per heavy atom. The number of aliphatic hydroxyl groups is 1. The molecule has 1 atom stereocenters. The second-order valence-electron chi connectivity index (χ2n) is 9.09. The van der Waals surface area contributed by atoms with Crippen molar-refractivity contribution in [2.75, 3.05) is 18.1 Å². The molecule has 1 saturated heterocycles. The van der Waals surface area contributed by atoms with E-state index in [1.54, 1.807) is 18.2 Å². The molecule has 0 aliphatic carbocycles. The average molecular weight is 513 g/mol. The Morgan fingerprint density at radius 3 is 2.54 bits per heavy atom. The van der Waals surface area contributed by atoms with E-state index in [2.05, 4.69) is 11.9 Å². The maximum Gasteiger partial charge on any atom is 0.301 e. The van der Waals surface area contributed by atoms with Gasteiger partial charge in [0.05, 0.1) is 21.8 Å². The second kappa shape index (κ2) is 9.05. The van der Waals surface area contributed by atoms with Crippen LogP contribution in [0.1, 0.15) is 35.2 Å². The number of hydrogen-bond donors (Lipinski definition) is 1. The first-order valence-corrected chi connectivity index (χ1v) is 12.9. The predicted molar refractivity (Wildman–Crippen MR) is 142 cm³/mol. The molecule has 4 aromatic rings. The van der Waals surface area contributed by atoms with E-state index in [4.69, 9.17) is 9.47 Å². The van der Waals surface area contributed by atoms with Crippen LogP contribution in [-0.2, 0) is 16.0 Å². The zero-order valence-corrected chi connectivity index (χ0v) is 21.2. The number of fused-ring (bicyclic) bond motifs is 2. The summed E-state index contributed by atoms with van der Waals surface area (Å²) in [5, 5.41) is 11.9. The first-order valence-electron chi connectivity index (χ1n) is 12.1. The molecule has 2 aliphatic heterocycles. The summed E-state index contributed by atoms with van der Waals surface area (Å²) >= 11 is 1.35. The average Bonchev–Trinajstić information content (AvgIpc) is 3.45. The van der Waals surface area contributed by atoms with Crippen molar-refractivity contribution in [1.29, 1.82) is 0 Å². The van der Waals surface area contributed by atoms with E-state index in [-0.39, 0.29) is 11.3 Å². The van der Waals surface area contributed by atoms with Gasteiger partial charge in [-0.3, -0.25) is 14.5 Å². The summed E-state index contributed by atoms with van der Waals surface area (Å²) in [6.45, 7) is 4.89. The fraction of sp³-hybridized carbons (Fsp3) is 0.207. The van der Waals surface area contributed by atoms with Crippen LogP contribution in [0.25, 0.3) is 16.0 Å². The quantitative estimate of drug-likeness (QED) is 0.219. The number of hydrogen-bond acceptors (Lipinski definition) is 7. The van der Waals surface area contributed by atoms with Gasteiger partial charge >= 0.3 is 5.91 Å². The molecule has 7 nitrogen and oxygen atoms in total. The lowest BCUT2D eigenvalue weighted by Gasteiger charge is -2.23. The van der Waals surface area contributed by atoms with Crippen molar-refractivity contribution in [3.8, 4) is 11.5 Å². The molecule has 0 bridgehead atoms. The van der Waals surface area contributed by atoms with Crippen LogP contribution in [0.4, 0.5) is 5.13 Å². The number of carbonyl (C=O) groups is 2. The summed E-state index contributed by atoms with van der Waals surface area (Å²) < 4.78 is 12.2. The highest BCUT2D eigenvalue weighted by Crippen LogP contribution is 2.45. The number of ketones is 1. The Morgan fingerprint density at radius 1 is 1.03 bits per heavy atom. The standard InChI is InChI=1S/C29H24N2O5S/c1-3-17-5-7-18(8-6-17)25-24(26(32)19-9-11-21-22(15-19)36-13-12-35-21)27(33)28(34)31(25)29-30-20-10-4-16(2)14-23(20)37-29/h4-11,14-15,25,32H,3,12-13H2,1-2H3/t25-/m1/s1. The highest BCUT2D eigenvalue weighted by atomic mass is 32.1. The number of Topliss-reactive ketones (excluding diaryl/α,β-unsaturated/α-hetero) is 1. The largest absolute Gasteiger partial charge is 0.507 e. The van der Waals surface area contributed by atoms with Crippen LogP contribution in [0.2, 0.25) is 0 Å². The van der Waals surface area contributed by atoms with Gasteiger partial charge < -0.3 is 14.6 Å². The van der Waals surface area contributed by atoms with Crippen molar-refractivity contribution in [1.82, 2.24) is 4.98 Å². The Labute approximate surface area is 217 Å². The lowest BCUT2D eigenvalue weighted by Crippen LogP contribution is -2.29. The molecule has 0 radical (unpaired) electrons. The highest BCUT2D eigenvalue weighted by Gasteiger charge is 2.48. The van der Waals surface area contributed by atoms with Gasteiger partial charge in [-0.05, 0) is 60.4 Å². The molecule has 0 unspecified atom stereocenters. The van der Waals surface area contributed by atoms with Gasteiger partial charge in [0.1, 0.15) is 19.0 Å². The fourth-order valence-electron chi connectivity index (χ4n) is 4.75. The van der Waals surface area contributed by atoms with Gasteiger partial charge in [0.15, 0.2) is 16.6 Å². The van der Waals surface area contributed by atoms with Crippen LogP contribution in [0.15, 0.2) is 66.2 Å². The zero-order valence-electron chi connectivity index (χ0n) is 20.4. The maximum absolute atomic E-state index is 13.5. The number of nitrogens with zero attached hydrogens (tertiary/aromatic N) is 2. The minimum atomic E-state index is -0.833. The Kier molecular flexibility index (Phi) is 5.68. The highest BCUT2D eigenvalue weighted by molar-refractivity contribution is 7.22. The molecule has 1 aromatic heterocycles. The topological polar surface area (TPSA) is 89.0 Å². The molecule has 1 amide bonds. The first kappa shape index (κ1) is 23.2. The summed E-state index contributed by atoms with van der Waals surface area (Å²) in [5.41, 5.74) is 4.06. The minimum Gasteiger partial charge on any atom is -0.507 e. The maximum atomic E-state index is 13.5. The van der Waals surface area contributed by atoms with Gasteiger partial charge in [0.25, 0.3) is 5.78 Å².